The van der Waals surface area contributed by atoms with Crippen molar-refractivity contribution < 1.29 is 9.59 Å². The van der Waals surface area contributed by atoms with Gasteiger partial charge in [0.1, 0.15) is 12.1 Å². The molecular weight excluding hydrogens is 580 g/mol. The molecule has 47 heavy (non-hydrogen) atoms. The Morgan fingerprint density at radius 2 is 0.915 bits per heavy atom. The Morgan fingerprint density at radius 3 is 1.30 bits per heavy atom. The summed E-state index contributed by atoms with van der Waals surface area (Å²) in [5.74, 6) is 0.289. The molecule has 0 aliphatic carbocycles. The van der Waals surface area contributed by atoms with Crippen LogP contribution in [0, 0.1) is 21.7 Å². The van der Waals surface area contributed by atoms with Crippen LogP contribution in [0.2, 0.25) is 0 Å². The molecule has 0 N–H and O–H groups in total. The number of aryl methyl sites for hydroxylation is 1. The van der Waals surface area contributed by atoms with Crippen molar-refractivity contribution in [2.45, 2.75) is 128 Å². The van der Waals surface area contributed by atoms with Gasteiger partial charge >= 0.3 is 0 Å². The molecule has 0 spiro atoms. The summed E-state index contributed by atoms with van der Waals surface area (Å²) in [5, 5.41) is 0. The molecule has 2 amide bonds. The van der Waals surface area contributed by atoms with Gasteiger partial charge in [0.25, 0.3) is 11.8 Å². The zero-order valence-corrected chi connectivity index (χ0v) is 31.9. The number of benzene rings is 2. The predicted octanol–water partition coefficient (Wildman–Crippen LogP) is 9.34. The van der Waals surface area contributed by atoms with E-state index in [0.29, 0.717) is 10.8 Å². The molecule has 6 rings (SSSR count). The third-order valence-electron chi connectivity index (χ3n) is 7.64. The van der Waals surface area contributed by atoms with E-state index in [1.165, 1.54) is 11.1 Å². The fourth-order valence-electron chi connectivity index (χ4n) is 5.74. The van der Waals surface area contributed by atoms with Crippen molar-refractivity contribution in [1.82, 2.24) is 0 Å². The SMILES string of the molecule is CC(C)(C)C.CC(C)(C)C.CC(C)(C)C1N=Cc2cccc3c2N(CC3)C1=O.CC(C)(C)C1N=Cc2cccc3c2N(CCC3)C1=O. The number of carbonyl (C=O) groups excluding carboxylic acids is 2. The normalized spacial score (nSPS) is 20.0. The molecule has 4 aliphatic heterocycles. The van der Waals surface area contributed by atoms with Gasteiger partial charge in [-0.05, 0) is 52.0 Å². The van der Waals surface area contributed by atoms with Crippen molar-refractivity contribution in [3.63, 3.8) is 0 Å². The summed E-state index contributed by atoms with van der Waals surface area (Å²) in [6.07, 6.45) is 6.82. The zero-order valence-electron chi connectivity index (χ0n) is 31.9. The Hall–Kier alpha value is -3.28. The first-order chi connectivity index (χ1) is 21.5. The number of rotatable bonds is 0. The summed E-state index contributed by atoms with van der Waals surface area (Å²) in [6, 6.07) is 11.9. The van der Waals surface area contributed by atoms with Crippen molar-refractivity contribution in [1.29, 1.82) is 0 Å². The molecule has 2 aromatic carbocycles. The molecule has 6 heteroatoms. The van der Waals surface area contributed by atoms with Crippen LogP contribution in [0.3, 0.4) is 0 Å². The second kappa shape index (κ2) is 14.5. The number of para-hydroxylation sites is 2. The fourth-order valence-corrected chi connectivity index (χ4v) is 5.74. The van der Waals surface area contributed by atoms with Crippen LogP contribution in [0.1, 0.15) is 126 Å². The van der Waals surface area contributed by atoms with Gasteiger partial charge in [-0.15, -0.1) is 0 Å². The van der Waals surface area contributed by atoms with Gasteiger partial charge in [-0.2, -0.15) is 0 Å². The van der Waals surface area contributed by atoms with Crippen molar-refractivity contribution >= 4 is 35.6 Å². The van der Waals surface area contributed by atoms with Crippen molar-refractivity contribution in [2.75, 3.05) is 22.9 Å². The Labute approximate surface area is 286 Å². The summed E-state index contributed by atoms with van der Waals surface area (Å²) < 4.78 is 0. The average molecular weight is 643 g/mol. The first-order valence-electron chi connectivity index (χ1n) is 17.4. The van der Waals surface area contributed by atoms with Crippen molar-refractivity contribution in [2.24, 2.45) is 31.6 Å². The zero-order chi connectivity index (χ0) is 35.5. The average Bonchev–Trinajstić information content (AvgIpc) is 3.21. The summed E-state index contributed by atoms with van der Waals surface area (Å²) in [5.41, 5.74) is 7.58. The predicted molar refractivity (Wildman–Crippen MR) is 202 cm³/mol. The molecule has 2 aromatic rings. The number of nitrogens with zero attached hydrogens (tertiary/aromatic N) is 4. The Balaban J connectivity index is 0.000000200. The minimum atomic E-state index is -0.286. The van der Waals surface area contributed by atoms with E-state index in [1.807, 2.05) is 34.4 Å². The number of hydrogen-bond acceptors (Lipinski definition) is 4. The number of amides is 2. The molecule has 0 fully saturated rings. The Bertz CT molecular complexity index is 1450. The van der Waals surface area contributed by atoms with Crippen molar-refractivity contribution in [3.05, 3.63) is 58.7 Å². The quantitative estimate of drug-likeness (QED) is 0.287. The van der Waals surface area contributed by atoms with Gasteiger partial charge in [0.15, 0.2) is 0 Å². The standard InChI is InChI=1S/C16H20N2O.C15H18N2O.2C5H12/c1-16(2,3)14-15(19)18-9-5-8-11-6-4-7-12(10-17-14)13(11)18;1-15(2,3)13-14(18)17-8-7-10-5-4-6-11(9-16-13)12(10)17;2*1-5(2,3)4/h4,6-7,10,14H,5,8-9H2,1-3H3;4-6,9,13H,7-8H2,1-3H3;2*1-4H3. The van der Waals surface area contributed by atoms with Gasteiger partial charge in [0.05, 0.1) is 11.4 Å². The lowest BCUT2D eigenvalue weighted by atomic mass is 9.86. The lowest BCUT2D eigenvalue weighted by Gasteiger charge is -2.34. The number of hydrogen-bond donors (Lipinski definition) is 0. The minimum absolute atomic E-state index is 0.140. The van der Waals surface area contributed by atoms with Crippen LogP contribution < -0.4 is 9.80 Å². The molecule has 258 valence electrons. The van der Waals surface area contributed by atoms with Crippen LogP contribution in [0.15, 0.2) is 46.4 Å². The molecule has 0 saturated heterocycles. The maximum atomic E-state index is 12.8. The highest BCUT2D eigenvalue weighted by atomic mass is 16.2. The summed E-state index contributed by atoms with van der Waals surface area (Å²) in [4.78, 5) is 38.4. The van der Waals surface area contributed by atoms with Crippen LogP contribution in [0.4, 0.5) is 11.4 Å². The van der Waals surface area contributed by atoms with E-state index in [0.717, 1.165) is 54.9 Å². The monoisotopic (exact) mass is 642 g/mol. The van der Waals surface area contributed by atoms with E-state index in [2.05, 4.69) is 131 Å². The topological polar surface area (TPSA) is 65.3 Å². The summed E-state index contributed by atoms with van der Waals surface area (Å²) >= 11 is 0. The van der Waals surface area contributed by atoms with Gasteiger partial charge in [-0.25, -0.2) is 0 Å². The number of carbonyl (C=O) groups is 2. The summed E-state index contributed by atoms with van der Waals surface area (Å²) in [7, 11) is 0. The van der Waals surface area contributed by atoms with E-state index < -0.39 is 0 Å². The molecular formula is C41H62N4O2. The maximum Gasteiger partial charge on any atom is 0.252 e. The van der Waals surface area contributed by atoms with E-state index in [1.54, 1.807) is 0 Å². The van der Waals surface area contributed by atoms with Gasteiger partial charge in [-0.1, -0.05) is 133 Å². The highest BCUT2D eigenvalue weighted by Crippen LogP contribution is 2.37. The molecule has 4 heterocycles. The highest BCUT2D eigenvalue weighted by Gasteiger charge is 2.40. The van der Waals surface area contributed by atoms with Gasteiger partial charge in [0.2, 0.25) is 0 Å². The first kappa shape index (κ1) is 38.2. The first-order valence-corrected chi connectivity index (χ1v) is 17.4. The van der Waals surface area contributed by atoms with E-state index in [4.69, 9.17) is 0 Å². The van der Waals surface area contributed by atoms with Gasteiger partial charge in [0, 0.05) is 36.6 Å². The Kier molecular flexibility index (Phi) is 11.7. The van der Waals surface area contributed by atoms with Crippen LogP contribution >= 0.6 is 0 Å². The highest BCUT2D eigenvalue weighted by molar-refractivity contribution is 6.08. The van der Waals surface area contributed by atoms with Gasteiger partial charge < -0.3 is 9.80 Å². The third kappa shape index (κ3) is 10.6. The molecule has 2 atom stereocenters. The minimum Gasteiger partial charge on any atom is -0.310 e. The number of anilines is 2. The number of aliphatic imine (C=N–C) groups is 2. The molecule has 0 radical (unpaired) electrons. The van der Waals surface area contributed by atoms with Gasteiger partial charge in [-0.3, -0.25) is 19.6 Å². The van der Waals surface area contributed by atoms with E-state index in [-0.39, 0.29) is 34.7 Å². The lowest BCUT2D eigenvalue weighted by molar-refractivity contribution is -0.122. The third-order valence-corrected chi connectivity index (χ3v) is 7.64. The second-order valence-electron chi connectivity index (χ2n) is 18.6. The molecule has 2 unspecified atom stereocenters. The molecule has 6 nitrogen and oxygen atoms in total. The summed E-state index contributed by atoms with van der Waals surface area (Å²) in [6.45, 7) is 31.6. The molecule has 0 bridgehead atoms. The van der Waals surface area contributed by atoms with Crippen molar-refractivity contribution in [3.8, 4) is 0 Å². The fraction of sp³-hybridized carbons (Fsp3) is 0.610. The smallest absolute Gasteiger partial charge is 0.252 e. The van der Waals surface area contributed by atoms with E-state index >= 15 is 0 Å². The molecule has 0 aromatic heterocycles. The maximum absolute atomic E-state index is 12.8. The molecule has 4 aliphatic rings. The lowest BCUT2D eigenvalue weighted by Crippen LogP contribution is -2.45. The second-order valence-corrected chi connectivity index (χ2v) is 18.6. The van der Waals surface area contributed by atoms with Crippen LogP contribution in [-0.4, -0.2) is 49.4 Å². The largest absolute Gasteiger partial charge is 0.310 e. The van der Waals surface area contributed by atoms with Crippen LogP contribution in [0.5, 0.6) is 0 Å². The van der Waals surface area contributed by atoms with Crippen LogP contribution in [-0.2, 0) is 22.4 Å². The Morgan fingerprint density at radius 1 is 0.553 bits per heavy atom. The van der Waals surface area contributed by atoms with Crippen LogP contribution in [0.25, 0.3) is 0 Å². The molecule has 0 saturated carbocycles. The van der Waals surface area contributed by atoms with E-state index in [9.17, 15) is 9.59 Å².